The largest absolute Gasteiger partial charge is 0.573 e. The van der Waals surface area contributed by atoms with Crippen LogP contribution in [0.25, 0.3) is 0 Å². The summed E-state index contributed by atoms with van der Waals surface area (Å²) in [6, 6.07) is 10.7. The van der Waals surface area contributed by atoms with Gasteiger partial charge in [-0.05, 0) is 47.9 Å². The van der Waals surface area contributed by atoms with Crippen LogP contribution in [0.15, 0.2) is 42.5 Å². The molecule has 35 heavy (non-hydrogen) atoms. The van der Waals surface area contributed by atoms with E-state index in [1.165, 1.54) is 23.4 Å². The standard InChI is InChI=1S/C24H27F3N4O4/c1-30-9-8-17-14-16(2-7-20(17)30)21(31-10-12-34-13-11-31)15-28-22(32)23(33)29-18-3-5-19(6-4-18)35-24(25,26)27/h2-7,14,21H,8-13,15H2,1H3,(H,28,32)(H,29,33). The van der Waals surface area contributed by atoms with Gasteiger partial charge < -0.3 is 25.0 Å². The molecular formula is C24H27F3N4O4. The summed E-state index contributed by atoms with van der Waals surface area (Å²) < 4.78 is 46.1. The number of amides is 2. The number of nitrogens with zero attached hydrogens (tertiary/aromatic N) is 2. The van der Waals surface area contributed by atoms with Crippen molar-refractivity contribution in [3.8, 4) is 5.75 Å². The summed E-state index contributed by atoms with van der Waals surface area (Å²) in [5.41, 5.74) is 3.68. The van der Waals surface area contributed by atoms with E-state index in [2.05, 4.69) is 50.4 Å². The minimum Gasteiger partial charge on any atom is -0.406 e. The molecule has 0 aliphatic carbocycles. The minimum atomic E-state index is -4.81. The van der Waals surface area contributed by atoms with Crippen molar-refractivity contribution < 1.29 is 32.2 Å². The number of hydrogen-bond donors (Lipinski definition) is 2. The molecule has 2 amide bonds. The predicted octanol–water partition coefficient (Wildman–Crippen LogP) is 2.71. The lowest BCUT2D eigenvalue weighted by Crippen LogP contribution is -2.45. The summed E-state index contributed by atoms with van der Waals surface area (Å²) in [7, 11) is 2.06. The van der Waals surface area contributed by atoms with Crippen LogP contribution >= 0.6 is 0 Å². The van der Waals surface area contributed by atoms with E-state index in [-0.39, 0.29) is 18.3 Å². The van der Waals surface area contributed by atoms with E-state index in [0.29, 0.717) is 26.3 Å². The van der Waals surface area contributed by atoms with Crippen LogP contribution in [-0.4, -0.2) is 69.5 Å². The van der Waals surface area contributed by atoms with Gasteiger partial charge in [0.25, 0.3) is 0 Å². The van der Waals surface area contributed by atoms with E-state index in [1.54, 1.807) is 0 Å². The lowest BCUT2D eigenvalue weighted by molar-refractivity contribution is -0.274. The summed E-state index contributed by atoms with van der Waals surface area (Å²) in [6.07, 6.45) is -3.85. The van der Waals surface area contributed by atoms with Gasteiger partial charge in [0.05, 0.1) is 19.3 Å². The molecule has 2 heterocycles. The number of likely N-dealkylation sites (N-methyl/N-ethyl adjacent to an activating group) is 1. The van der Waals surface area contributed by atoms with Crippen molar-refractivity contribution in [1.29, 1.82) is 0 Å². The molecule has 1 atom stereocenters. The van der Waals surface area contributed by atoms with Crippen molar-refractivity contribution >= 4 is 23.2 Å². The number of morpholine rings is 1. The first-order valence-electron chi connectivity index (χ1n) is 11.3. The van der Waals surface area contributed by atoms with E-state index in [9.17, 15) is 22.8 Å². The fourth-order valence-corrected chi connectivity index (χ4v) is 4.34. The molecule has 0 radical (unpaired) electrons. The van der Waals surface area contributed by atoms with Gasteiger partial charge in [0.2, 0.25) is 0 Å². The molecule has 188 valence electrons. The number of alkyl halides is 3. The molecule has 4 rings (SSSR count). The Labute approximate surface area is 201 Å². The highest BCUT2D eigenvalue weighted by atomic mass is 19.4. The van der Waals surface area contributed by atoms with Crippen LogP contribution < -0.4 is 20.3 Å². The summed E-state index contributed by atoms with van der Waals surface area (Å²) in [6.45, 7) is 3.77. The third-order valence-corrected chi connectivity index (χ3v) is 6.11. The maximum absolute atomic E-state index is 12.5. The third kappa shape index (κ3) is 6.43. The van der Waals surface area contributed by atoms with E-state index in [4.69, 9.17) is 4.74 Å². The van der Waals surface area contributed by atoms with E-state index >= 15 is 0 Å². The van der Waals surface area contributed by atoms with Gasteiger partial charge in [-0.25, -0.2) is 0 Å². The molecule has 8 nitrogen and oxygen atoms in total. The Bertz CT molecular complexity index is 1060. The first-order chi connectivity index (χ1) is 16.7. The summed E-state index contributed by atoms with van der Waals surface area (Å²) in [5.74, 6) is -2.17. The smallest absolute Gasteiger partial charge is 0.406 e. The molecule has 2 aliphatic heterocycles. The highest BCUT2D eigenvalue weighted by Crippen LogP contribution is 2.31. The number of halogens is 3. The lowest BCUT2D eigenvalue weighted by Gasteiger charge is -2.35. The lowest BCUT2D eigenvalue weighted by atomic mass is 10.0. The predicted molar refractivity (Wildman–Crippen MR) is 123 cm³/mol. The summed E-state index contributed by atoms with van der Waals surface area (Å²) in [4.78, 5) is 29.3. The van der Waals surface area contributed by atoms with Gasteiger partial charge in [0, 0.05) is 44.6 Å². The van der Waals surface area contributed by atoms with Crippen LogP contribution in [0.4, 0.5) is 24.5 Å². The molecule has 2 aromatic rings. The highest BCUT2D eigenvalue weighted by molar-refractivity contribution is 6.39. The second-order valence-electron chi connectivity index (χ2n) is 8.46. The molecular weight excluding hydrogens is 465 g/mol. The van der Waals surface area contributed by atoms with Gasteiger partial charge in [0.15, 0.2) is 0 Å². The van der Waals surface area contributed by atoms with Crippen molar-refractivity contribution in [2.45, 2.75) is 18.8 Å². The average molecular weight is 492 g/mol. The van der Waals surface area contributed by atoms with Crippen LogP contribution in [-0.2, 0) is 20.7 Å². The second-order valence-corrected chi connectivity index (χ2v) is 8.46. The number of nitrogens with one attached hydrogen (secondary N) is 2. The molecule has 2 aromatic carbocycles. The maximum atomic E-state index is 12.5. The van der Waals surface area contributed by atoms with Crippen molar-refractivity contribution in [2.24, 2.45) is 0 Å². The molecule has 1 unspecified atom stereocenters. The molecule has 0 saturated carbocycles. The van der Waals surface area contributed by atoms with E-state index < -0.39 is 23.9 Å². The van der Waals surface area contributed by atoms with Gasteiger partial charge in [-0.15, -0.1) is 13.2 Å². The molecule has 0 aromatic heterocycles. The monoisotopic (exact) mass is 492 g/mol. The fourth-order valence-electron chi connectivity index (χ4n) is 4.34. The number of anilines is 2. The Kier molecular flexibility index (Phi) is 7.46. The number of carbonyl (C=O) groups is 2. The van der Waals surface area contributed by atoms with Gasteiger partial charge in [-0.1, -0.05) is 12.1 Å². The quantitative estimate of drug-likeness (QED) is 0.604. The Morgan fingerprint density at radius 3 is 2.46 bits per heavy atom. The van der Waals surface area contributed by atoms with Gasteiger partial charge >= 0.3 is 18.2 Å². The Balaban J connectivity index is 1.39. The number of benzene rings is 2. The van der Waals surface area contributed by atoms with Crippen LogP contribution in [0.1, 0.15) is 17.2 Å². The van der Waals surface area contributed by atoms with E-state index in [1.807, 2.05) is 0 Å². The first kappa shape index (κ1) is 24.8. The van der Waals surface area contributed by atoms with Crippen molar-refractivity contribution in [2.75, 3.05) is 56.7 Å². The molecule has 1 fully saturated rings. The number of hydrogen-bond acceptors (Lipinski definition) is 6. The molecule has 2 N–H and O–H groups in total. The maximum Gasteiger partial charge on any atom is 0.573 e. The fraction of sp³-hybridized carbons (Fsp3) is 0.417. The Morgan fingerprint density at radius 1 is 1.06 bits per heavy atom. The summed E-state index contributed by atoms with van der Waals surface area (Å²) >= 11 is 0. The SMILES string of the molecule is CN1CCc2cc(C(CNC(=O)C(=O)Nc3ccc(OC(F)(F)F)cc3)N3CCOCC3)ccc21. The third-order valence-electron chi connectivity index (χ3n) is 6.11. The van der Waals surface area contributed by atoms with Crippen molar-refractivity contribution in [3.05, 3.63) is 53.6 Å². The normalized spacial score (nSPS) is 17.0. The molecule has 0 spiro atoms. The number of ether oxygens (including phenoxy) is 2. The van der Waals surface area contributed by atoms with Gasteiger partial charge in [-0.2, -0.15) is 0 Å². The van der Waals surface area contributed by atoms with Crippen LogP contribution in [0.5, 0.6) is 5.75 Å². The second kappa shape index (κ2) is 10.5. The first-order valence-corrected chi connectivity index (χ1v) is 11.3. The number of fused-ring (bicyclic) bond motifs is 1. The summed E-state index contributed by atoms with van der Waals surface area (Å²) in [5, 5.41) is 5.09. The molecule has 1 saturated heterocycles. The highest BCUT2D eigenvalue weighted by Gasteiger charge is 2.31. The van der Waals surface area contributed by atoms with Crippen LogP contribution in [0, 0.1) is 0 Å². The number of rotatable bonds is 6. The Hall–Kier alpha value is -3.31. The molecule has 11 heteroatoms. The zero-order chi connectivity index (χ0) is 25.0. The zero-order valence-corrected chi connectivity index (χ0v) is 19.2. The van der Waals surface area contributed by atoms with Gasteiger partial charge in [0.1, 0.15) is 5.75 Å². The van der Waals surface area contributed by atoms with Gasteiger partial charge in [-0.3, -0.25) is 14.5 Å². The topological polar surface area (TPSA) is 83.1 Å². The number of carbonyl (C=O) groups excluding carboxylic acids is 2. The minimum absolute atomic E-state index is 0.134. The molecule has 0 bridgehead atoms. The van der Waals surface area contributed by atoms with Crippen LogP contribution in [0.3, 0.4) is 0 Å². The Morgan fingerprint density at radius 2 is 1.77 bits per heavy atom. The van der Waals surface area contributed by atoms with Crippen molar-refractivity contribution in [3.63, 3.8) is 0 Å². The molecule has 2 aliphatic rings. The van der Waals surface area contributed by atoms with Crippen LogP contribution in [0.2, 0.25) is 0 Å². The van der Waals surface area contributed by atoms with Crippen molar-refractivity contribution in [1.82, 2.24) is 10.2 Å². The van der Waals surface area contributed by atoms with E-state index in [0.717, 1.165) is 30.7 Å². The average Bonchev–Trinajstić information content (AvgIpc) is 3.20. The zero-order valence-electron chi connectivity index (χ0n) is 19.2.